The van der Waals surface area contributed by atoms with E-state index >= 15 is 0 Å². The molecule has 0 fully saturated rings. The maximum absolute atomic E-state index is 4.22. The quantitative estimate of drug-likeness (QED) is 0.873. The minimum absolute atomic E-state index is 0.687. The summed E-state index contributed by atoms with van der Waals surface area (Å²) in [5.41, 5.74) is 3.12. The smallest absolute Gasteiger partial charge is 0.109 e. The molecular formula is C10H12BrN5. The topological polar surface area (TPSA) is 55.6 Å². The normalized spacial score (nSPS) is 10.4. The lowest BCUT2D eigenvalue weighted by atomic mass is 10.3. The highest BCUT2D eigenvalue weighted by molar-refractivity contribution is 9.10. The van der Waals surface area contributed by atoms with Crippen LogP contribution < -0.4 is 5.32 Å². The van der Waals surface area contributed by atoms with Crippen LogP contribution in [0.3, 0.4) is 0 Å². The first-order valence-electron chi connectivity index (χ1n) is 4.86. The molecule has 16 heavy (non-hydrogen) atoms. The lowest BCUT2D eigenvalue weighted by molar-refractivity contribution is 0.683. The van der Waals surface area contributed by atoms with Crippen molar-refractivity contribution in [3.8, 4) is 0 Å². The van der Waals surface area contributed by atoms with Gasteiger partial charge in [-0.25, -0.2) is 4.98 Å². The number of nitrogens with zero attached hydrogens (tertiary/aromatic N) is 4. The summed E-state index contributed by atoms with van der Waals surface area (Å²) in [6.45, 7) is 2.69. The minimum Gasteiger partial charge on any atom is -0.378 e. The van der Waals surface area contributed by atoms with Gasteiger partial charge in [-0.15, -0.1) is 5.10 Å². The van der Waals surface area contributed by atoms with Crippen molar-refractivity contribution >= 4 is 21.6 Å². The van der Waals surface area contributed by atoms with Gasteiger partial charge < -0.3 is 5.32 Å². The summed E-state index contributed by atoms with van der Waals surface area (Å²) < 4.78 is 2.62. The molecule has 2 aromatic heterocycles. The number of aromatic nitrogens is 4. The zero-order valence-electron chi connectivity index (χ0n) is 9.11. The van der Waals surface area contributed by atoms with Gasteiger partial charge in [0.25, 0.3) is 0 Å². The number of hydrogen-bond donors (Lipinski definition) is 1. The summed E-state index contributed by atoms with van der Waals surface area (Å²) in [7, 11) is 1.87. The van der Waals surface area contributed by atoms with Gasteiger partial charge in [0.1, 0.15) is 4.60 Å². The fourth-order valence-corrected chi connectivity index (χ4v) is 1.54. The molecule has 0 aliphatic heterocycles. The molecular weight excluding hydrogens is 270 g/mol. The number of halogens is 1. The van der Waals surface area contributed by atoms with Crippen LogP contribution in [-0.4, -0.2) is 20.0 Å². The second kappa shape index (κ2) is 4.61. The molecule has 84 valence electrons. The molecule has 0 aliphatic carbocycles. The third kappa shape index (κ3) is 2.38. The molecule has 1 N–H and O–H groups in total. The third-order valence-electron chi connectivity index (χ3n) is 2.30. The van der Waals surface area contributed by atoms with E-state index in [-0.39, 0.29) is 0 Å². The Balaban J connectivity index is 2.05. The van der Waals surface area contributed by atoms with Crippen LogP contribution >= 0.6 is 15.9 Å². The lowest BCUT2D eigenvalue weighted by Crippen LogP contribution is -2.05. The number of aryl methyl sites for hydroxylation is 2. The van der Waals surface area contributed by atoms with E-state index in [1.807, 2.05) is 20.0 Å². The van der Waals surface area contributed by atoms with Crippen molar-refractivity contribution in [1.29, 1.82) is 0 Å². The molecule has 0 amide bonds. The molecule has 0 radical (unpaired) electrons. The van der Waals surface area contributed by atoms with Crippen molar-refractivity contribution in [2.75, 3.05) is 5.32 Å². The maximum Gasteiger partial charge on any atom is 0.109 e. The molecule has 0 unspecified atom stereocenters. The molecule has 6 heteroatoms. The molecule has 2 rings (SSSR count). The molecule has 0 spiro atoms. The second-order valence-corrected chi connectivity index (χ2v) is 4.29. The van der Waals surface area contributed by atoms with Gasteiger partial charge in [0.05, 0.1) is 30.3 Å². The molecule has 0 aromatic carbocycles. The van der Waals surface area contributed by atoms with Crippen LogP contribution in [0.4, 0.5) is 5.69 Å². The highest BCUT2D eigenvalue weighted by Crippen LogP contribution is 2.17. The number of anilines is 1. The Hall–Kier alpha value is -1.43. The van der Waals surface area contributed by atoms with Crippen LogP contribution in [0.5, 0.6) is 0 Å². The zero-order valence-corrected chi connectivity index (χ0v) is 10.7. The first-order valence-corrected chi connectivity index (χ1v) is 5.65. The Morgan fingerprint density at radius 1 is 1.44 bits per heavy atom. The van der Waals surface area contributed by atoms with E-state index < -0.39 is 0 Å². The molecule has 0 saturated heterocycles. The number of rotatable bonds is 3. The summed E-state index contributed by atoms with van der Waals surface area (Å²) in [4.78, 5) is 4.22. The monoisotopic (exact) mass is 281 g/mol. The standard InChI is InChI=1S/C10H12BrN5/c1-7-3-8(4-13-10(7)11)12-5-9-6-14-15-16(9)2/h3-4,6,12H,5H2,1-2H3. The molecule has 0 bridgehead atoms. The van der Waals surface area contributed by atoms with Crippen LogP contribution in [0.1, 0.15) is 11.3 Å². The van der Waals surface area contributed by atoms with E-state index in [9.17, 15) is 0 Å². The molecule has 0 atom stereocenters. The van der Waals surface area contributed by atoms with E-state index in [2.05, 4.69) is 36.5 Å². The van der Waals surface area contributed by atoms with Crippen LogP contribution in [0.2, 0.25) is 0 Å². The lowest BCUT2D eigenvalue weighted by Gasteiger charge is -2.07. The molecule has 0 saturated carbocycles. The fourth-order valence-electron chi connectivity index (χ4n) is 1.32. The van der Waals surface area contributed by atoms with Crippen molar-refractivity contribution in [2.24, 2.45) is 7.05 Å². The van der Waals surface area contributed by atoms with Crippen molar-refractivity contribution in [3.05, 3.63) is 34.3 Å². The minimum atomic E-state index is 0.687. The second-order valence-electron chi connectivity index (χ2n) is 3.53. The summed E-state index contributed by atoms with van der Waals surface area (Å²) in [6, 6.07) is 2.04. The van der Waals surface area contributed by atoms with Gasteiger partial charge >= 0.3 is 0 Å². The first-order chi connectivity index (χ1) is 7.66. The van der Waals surface area contributed by atoms with Crippen LogP contribution in [-0.2, 0) is 13.6 Å². The molecule has 2 heterocycles. The van der Waals surface area contributed by atoms with Crippen molar-refractivity contribution < 1.29 is 0 Å². The Morgan fingerprint density at radius 3 is 2.88 bits per heavy atom. The van der Waals surface area contributed by atoms with E-state index in [1.54, 1.807) is 17.1 Å². The summed E-state index contributed by atoms with van der Waals surface area (Å²) in [6.07, 6.45) is 3.53. The number of nitrogens with one attached hydrogen (secondary N) is 1. The predicted molar refractivity (Wildman–Crippen MR) is 65.0 cm³/mol. The van der Waals surface area contributed by atoms with E-state index in [0.717, 1.165) is 21.5 Å². The van der Waals surface area contributed by atoms with Gasteiger partial charge in [-0.1, -0.05) is 5.21 Å². The predicted octanol–water partition coefficient (Wildman–Crippen LogP) is 1.89. The van der Waals surface area contributed by atoms with Gasteiger partial charge in [-0.2, -0.15) is 0 Å². The van der Waals surface area contributed by atoms with Crippen LogP contribution in [0, 0.1) is 6.92 Å². The van der Waals surface area contributed by atoms with E-state index in [1.165, 1.54) is 0 Å². The van der Waals surface area contributed by atoms with Gasteiger partial charge in [0, 0.05) is 7.05 Å². The van der Waals surface area contributed by atoms with E-state index in [0.29, 0.717) is 6.54 Å². The molecule has 5 nitrogen and oxygen atoms in total. The van der Waals surface area contributed by atoms with Crippen LogP contribution in [0.15, 0.2) is 23.1 Å². The highest BCUT2D eigenvalue weighted by Gasteiger charge is 2.01. The van der Waals surface area contributed by atoms with Crippen molar-refractivity contribution in [2.45, 2.75) is 13.5 Å². The molecule has 2 aromatic rings. The average molecular weight is 282 g/mol. The fraction of sp³-hybridized carbons (Fsp3) is 0.300. The number of pyridine rings is 1. The van der Waals surface area contributed by atoms with E-state index in [4.69, 9.17) is 0 Å². The van der Waals surface area contributed by atoms with Gasteiger partial charge in [0.2, 0.25) is 0 Å². The Labute approximate surface area is 102 Å². The summed E-state index contributed by atoms with van der Waals surface area (Å²) >= 11 is 3.37. The zero-order chi connectivity index (χ0) is 11.5. The van der Waals surface area contributed by atoms with Gasteiger partial charge in [0.15, 0.2) is 0 Å². The first kappa shape index (κ1) is 11.1. The Morgan fingerprint density at radius 2 is 2.25 bits per heavy atom. The molecule has 0 aliphatic rings. The van der Waals surface area contributed by atoms with Crippen molar-refractivity contribution in [3.63, 3.8) is 0 Å². The summed E-state index contributed by atoms with van der Waals surface area (Å²) in [5.74, 6) is 0. The third-order valence-corrected chi connectivity index (χ3v) is 3.13. The van der Waals surface area contributed by atoms with Crippen LogP contribution in [0.25, 0.3) is 0 Å². The largest absolute Gasteiger partial charge is 0.378 e. The summed E-state index contributed by atoms with van der Waals surface area (Å²) in [5, 5.41) is 11.0. The maximum atomic E-state index is 4.22. The van der Waals surface area contributed by atoms with Gasteiger partial charge in [-0.3, -0.25) is 4.68 Å². The average Bonchev–Trinajstić information content (AvgIpc) is 2.66. The highest BCUT2D eigenvalue weighted by atomic mass is 79.9. The number of hydrogen-bond acceptors (Lipinski definition) is 4. The Bertz CT molecular complexity index is 494. The van der Waals surface area contributed by atoms with Gasteiger partial charge in [-0.05, 0) is 34.5 Å². The Kier molecular flexibility index (Phi) is 3.19. The van der Waals surface area contributed by atoms with Crippen molar-refractivity contribution in [1.82, 2.24) is 20.0 Å². The SMILES string of the molecule is Cc1cc(NCc2cnnn2C)cnc1Br.